The summed E-state index contributed by atoms with van der Waals surface area (Å²) in [6, 6.07) is 13.9. The maximum atomic E-state index is 5.60. The van der Waals surface area contributed by atoms with Crippen molar-refractivity contribution in [3.05, 3.63) is 48.0 Å². The molecule has 3 nitrogen and oxygen atoms in total. The van der Waals surface area contributed by atoms with Crippen LogP contribution < -0.4 is 15.2 Å². The Labute approximate surface area is 107 Å². The van der Waals surface area contributed by atoms with Crippen LogP contribution in [0.4, 0.5) is 0 Å². The van der Waals surface area contributed by atoms with E-state index in [1.165, 1.54) is 0 Å². The van der Waals surface area contributed by atoms with Gasteiger partial charge in [-0.25, -0.2) is 0 Å². The number of methoxy groups -OCH3 is 2. The van der Waals surface area contributed by atoms with E-state index in [2.05, 4.69) is 0 Å². The van der Waals surface area contributed by atoms with Gasteiger partial charge in [-0.05, 0) is 29.3 Å². The van der Waals surface area contributed by atoms with Crippen molar-refractivity contribution < 1.29 is 9.47 Å². The van der Waals surface area contributed by atoms with Crippen molar-refractivity contribution in [2.75, 3.05) is 14.2 Å². The van der Waals surface area contributed by atoms with Gasteiger partial charge in [0.25, 0.3) is 0 Å². The second kappa shape index (κ2) is 5.56. The summed E-state index contributed by atoms with van der Waals surface area (Å²) in [4.78, 5) is 0. The van der Waals surface area contributed by atoms with Gasteiger partial charge < -0.3 is 15.2 Å². The van der Waals surface area contributed by atoms with Crippen molar-refractivity contribution >= 4 is 0 Å². The molecule has 0 aliphatic carbocycles. The van der Waals surface area contributed by atoms with E-state index < -0.39 is 0 Å². The smallest absolute Gasteiger partial charge is 0.126 e. The summed E-state index contributed by atoms with van der Waals surface area (Å²) in [5.74, 6) is 1.64. The lowest BCUT2D eigenvalue weighted by atomic mass is 10.0. The van der Waals surface area contributed by atoms with Crippen LogP contribution in [-0.2, 0) is 6.54 Å². The Morgan fingerprint density at radius 2 is 1.67 bits per heavy atom. The van der Waals surface area contributed by atoms with E-state index in [-0.39, 0.29) is 0 Å². The Balaban J connectivity index is 2.46. The number of rotatable bonds is 4. The fourth-order valence-corrected chi connectivity index (χ4v) is 1.86. The number of hydrogen-bond donors (Lipinski definition) is 1. The van der Waals surface area contributed by atoms with Crippen LogP contribution in [0, 0.1) is 0 Å². The zero-order chi connectivity index (χ0) is 13.0. The molecule has 2 aromatic rings. The van der Waals surface area contributed by atoms with E-state index in [1.54, 1.807) is 14.2 Å². The summed E-state index contributed by atoms with van der Waals surface area (Å²) in [7, 11) is 3.32. The Morgan fingerprint density at radius 3 is 2.22 bits per heavy atom. The first-order valence-electron chi connectivity index (χ1n) is 5.80. The molecule has 18 heavy (non-hydrogen) atoms. The highest BCUT2D eigenvalue weighted by atomic mass is 16.5. The third kappa shape index (κ3) is 2.46. The van der Waals surface area contributed by atoms with Gasteiger partial charge in [0.2, 0.25) is 0 Å². The van der Waals surface area contributed by atoms with Gasteiger partial charge in [0.15, 0.2) is 0 Å². The molecule has 0 aliphatic heterocycles. The molecule has 0 spiro atoms. The van der Waals surface area contributed by atoms with E-state index in [4.69, 9.17) is 15.2 Å². The molecule has 0 radical (unpaired) electrons. The van der Waals surface area contributed by atoms with Crippen molar-refractivity contribution in [3.8, 4) is 22.6 Å². The third-order valence-corrected chi connectivity index (χ3v) is 2.91. The second-order valence-corrected chi connectivity index (χ2v) is 3.97. The highest BCUT2D eigenvalue weighted by Crippen LogP contribution is 2.33. The predicted molar refractivity (Wildman–Crippen MR) is 72.9 cm³/mol. The lowest BCUT2D eigenvalue weighted by Crippen LogP contribution is -1.95. The SMILES string of the molecule is COc1ccc(OC)c(-c2ccc(CN)cc2)c1. The minimum atomic E-state index is 0.551. The first-order valence-corrected chi connectivity index (χ1v) is 5.80. The fourth-order valence-electron chi connectivity index (χ4n) is 1.86. The molecule has 0 aromatic heterocycles. The van der Waals surface area contributed by atoms with Crippen LogP contribution in [0.5, 0.6) is 11.5 Å². The molecule has 2 rings (SSSR count). The molecule has 0 atom stereocenters. The number of benzene rings is 2. The summed E-state index contributed by atoms with van der Waals surface area (Å²) >= 11 is 0. The predicted octanol–water partition coefficient (Wildman–Crippen LogP) is 2.83. The molecule has 0 aliphatic rings. The van der Waals surface area contributed by atoms with E-state index in [9.17, 15) is 0 Å². The van der Waals surface area contributed by atoms with Crippen LogP contribution in [-0.4, -0.2) is 14.2 Å². The summed E-state index contributed by atoms with van der Waals surface area (Å²) in [6.07, 6.45) is 0. The van der Waals surface area contributed by atoms with Gasteiger partial charge in [-0.1, -0.05) is 24.3 Å². The Hall–Kier alpha value is -2.00. The molecule has 94 valence electrons. The van der Waals surface area contributed by atoms with Gasteiger partial charge in [0, 0.05) is 12.1 Å². The van der Waals surface area contributed by atoms with Crippen molar-refractivity contribution in [3.63, 3.8) is 0 Å². The van der Waals surface area contributed by atoms with Gasteiger partial charge in [-0.15, -0.1) is 0 Å². The Kier molecular flexibility index (Phi) is 3.85. The van der Waals surface area contributed by atoms with Crippen LogP contribution >= 0.6 is 0 Å². The topological polar surface area (TPSA) is 44.5 Å². The Bertz CT molecular complexity index is 521. The van der Waals surface area contributed by atoms with E-state index in [1.807, 2.05) is 42.5 Å². The number of hydrogen-bond acceptors (Lipinski definition) is 3. The highest BCUT2D eigenvalue weighted by molar-refractivity contribution is 5.72. The zero-order valence-corrected chi connectivity index (χ0v) is 10.6. The highest BCUT2D eigenvalue weighted by Gasteiger charge is 2.07. The summed E-state index contributed by atoms with van der Waals surface area (Å²) in [5, 5.41) is 0. The maximum absolute atomic E-state index is 5.60. The first kappa shape index (κ1) is 12.5. The van der Waals surface area contributed by atoms with Crippen LogP contribution in [0.15, 0.2) is 42.5 Å². The first-order chi connectivity index (χ1) is 8.78. The quantitative estimate of drug-likeness (QED) is 0.898. The van der Waals surface area contributed by atoms with Gasteiger partial charge in [0.05, 0.1) is 14.2 Å². The molecule has 0 saturated heterocycles. The summed E-state index contributed by atoms with van der Waals surface area (Å²) < 4.78 is 10.6. The van der Waals surface area contributed by atoms with Crippen molar-refractivity contribution in [1.29, 1.82) is 0 Å². The number of nitrogens with two attached hydrogens (primary N) is 1. The van der Waals surface area contributed by atoms with Crippen LogP contribution in [0.2, 0.25) is 0 Å². The number of ether oxygens (including phenoxy) is 2. The van der Waals surface area contributed by atoms with Crippen LogP contribution in [0.1, 0.15) is 5.56 Å². The third-order valence-electron chi connectivity index (χ3n) is 2.91. The minimum absolute atomic E-state index is 0.551. The second-order valence-electron chi connectivity index (χ2n) is 3.97. The molecule has 2 N–H and O–H groups in total. The van der Waals surface area contributed by atoms with E-state index >= 15 is 0 Å². The maximum Gasteiger partial charge on any atom is 0.126 e. The minimum Gasteiger partial charge on any atom is -0.497 e. The van der Waals surface area contributed by atoms with Gasteiger partial charge in [0.1, 0.15) is 11.5 Å². The van der Waals surface area contributed by atoms with Crippen molar-refractivity contribution in [1.82, 2.24) is 0 Å². The van der Waals surface area contributed by atoms with Gasteiger partial charge in [-0.3, -0.25) is 0 Å². The zero-order valence-electron chi connectivity index (χ0n) is 10.6. The summed E-state index contributed by atoms with van der Waals surface area (Å²) in [6.45, 7) is 0.551. The van der Waals surface area contributed by atoms with Crippen LogP contribution in [0.25, 0.3) is 11.1 Å². The molecule has 0 unspecified atom stereocenters. The monoisotopic (exact) mass is 243 g/mol. The lowest BCUT2D eigenvalue weighted by molar-refractivity contribution is 0.404. The van der Waals surface area contributed by atoms with Crippen molar-refractivity contribution in [2.24, 2.45) is 5.73 Å². The largest absolute Gasteiger partial charge is 0.497 e. The molecule has 0 amide bonds. The molecule has 0 saturated carbocycles. The molecule has 0 heterocycles. The molecule has 3 heteroatoms. The average molecular weight is 243 g/mol. The lowest BCUT2D eigenvalue weighted by Gasteiger charge is -2.11. The fraction of sp³-hybridized carbons (Fsp3) is 0.200. The average Bonchev–Trinajstić information content (AvgIpc) is 2.46. The molecular weight excluding hydrogens is 226 g/mol. The molecule has 0 fully saturated rings. The molecule has 0 bridgehead atoms. The van der Waals surface area contributed by atoms with E-state index in [0.717, 1.165) is 28.2 Å². The summed E-state index contributed by atoms with van der Waals surface area (Å²) in [5.41, 5.74) is 8.81. The standard InChI is InChI=1S/C15H17NO2/c1-17-13-7-8-15(18-2)14(9-13)12-5-3-11(10-16)4-6-12/h3-9H,10,16H2,1-2H3. The Morgan fingerprint density at radius 1 is 0.944 bits per heavy atom. The van der Waals surface area contributed by atoms with Crippen LogP contribution in [0.3, 0.4) is 0 Å². The molecule has 2 aromatic carbocycles. The van der Waals surface area contributed by atoms with Gasteiger partial charge in [-0.2, -0.15) is 0 Å². The van der Waals surface area contributed by atoms with Gasteiger partial charge >= 0.3 is 0 Å². The van der Waals surface area contributed by atoms with E-state index in [0.29, 0.717) is 6.54 Å². The van der Waals surface area contributed by atoms with Crippen molar-refractivity contribution in [2.45, 2.75) is 6.54 Å². The normalized spacial score (nSPS) is 10.2. The molecular formula is C15H17NO2.